The van der Waals surface area contributed by atoms with Crippen molar-refractivity contribution in [1.29, 1.82) is 0 Å². The van der Waals surface area contributed by atoms with Crippen LogP contribution in [0.1, 0.15) is 16.1 Å². The Kier molecular flexibility index (Phi) is 5.89. The van der Waals surface area contributed by atoms with E-state index in [1.165, 1.54) is 29.4 Å². The number of nitrogens with zero attached hydrogens (tertiary/aromatic N) is 1. The summed E-state index contributed by atoms with van der Waals surface area (Å²) in [6.07, 6.45) is 3.46. The Balaban J connectivity index is 1.47. The van der Waals surface area contributed by atoms with Gasteiger partial charge in [0.15, 0.2) is 0 Å². The Morgan fingerprint density at radius 1 is 1.28 bits per heavy atom. The van der Waals surface area contributed by atoms with Crippen LogP contribution >= 0.6 is 23.3 Å². The smallest absolute Gasteiger partial charge is 0.387 e. The predicted molar refractivity (Wildman–Crippen MR) is 111 cm³/mol. The van der Waals surface area contributed by atoms with Crippen LogP contribution in [-0.2, 0) is 11.3 Å². The molecule has 1 aliphatic heterocycles. The molecule has 5 nitrogen and oxygen atoms in total. The number of halogens is 2. The summed E-state index contributed by atoms with van der Waals surface area (Å²) in [7, 11) is 0. The van der Waals surface area contributed by atoms with Gasteiger partial charge in [0, 0.05) is 39.8 Å². The van der Waals surface area contributed by atoms with Gasteiger partial charge in [-0.3, -0.25) is 9.52 Å². The standard InChI is InChI=1S/C20H15F2N3O2S2/c21-20(22)27-17-4-2-1-3-12(17)11-24-29-13-5-6-16-14(9-13)15(19(26)25-16)10-18-23-7-8-28-18/h1-10,20,24H,11H2,(H,25,26)/b15-10+. The maximum atomic E-state index is 12.5. The molecule has 1 aliphatic rings. The first-order valence-electron chi connectivity index (χ1n) is 8.59. The molecule has 0 saturated heterocycles. The van der Waals surface area contributed by atoms with E-state index in [2.05, 4.69) is 19.8 Å². The van der Waals surface area contributed by atoms with Crippen molar-refractivity contribution in [1.82, 2.24) is 9.71 Å². The van der Waals surface area contributed by atoms with Crippen LogP contribution in [0.25, 0.3) is 11.6 Å². The number of aromatic nitrogens is 1. The summed E-state index contributed by atoms with van der Waals surface area (Å²) >= 11 is 2.81. The summed E-state index contributed by atoms with van der Waals surface area (Å²) in [4.78, 5) is 17.4. The molecule has 9 heteroatoms. The number of carbonyl (C=O) groups excluding carboxylic acids is 1. The predicted octanol–water partition coefficient (Wildman–Crippen LogP) is 5.03. The maximum absolute atomic E-state index is 12.5. The average molecular weight is 431 g/mol. The SMILES string of the molecule is O=C1Nc2ccc(SNCc3ccccc3OC(F)F)cc2/C1=C\c1nccs1. The van der Waals surface area contributed by atoms with E-state index in [-0.39, 0.29) is 11.7 Å². The molecular weight excluding hydrogens is 416 g/mol. The van der Waals surface area contributed by atoms with Crippen molar-refractivity contribution < 1.29 is 18.3 Å². The highest BCUT2D eigenvalue weighted by atomic mass is 32.2. The van der Waals surface area contributed by atoms with Crippen molar-refractivity contribution in [3.63, 3.8) is 0 Å². The van der Waals surface area contributed by atoms with Gasteiger partial charge in [0.2, 0.25) is 0 Å². The number of rotatable bonds is 7. The Labute approximate surface area is 173 Å². The molecule has 1 aromatic heterocycles. The minimum Gasteiger partial charge on any atom is -0.434 e. The molecule has 0 fully saturated rings. The van der Waals surface area contributed by atoms with Crippen molar-refractivity contribution in [2.24, 2.45) is 0 Å². The molecular formula is C20H15F2N3O2S2. The lowest BCUT2D eigenvalue weighted by molar-refractivity contribution is -0.110. The van der Waals surface area contributed by atoms with Gasteiger partial charge in [-0.15, -0.1) is 11.3 Å². The molecule has 2 heterocycles. The van der Waals surface area contributed by atoms with Gasteiger partial charge in [-0.25, -0.2) is 4.98 Å². The third kappa shape index (κ3) is 4.64. The third-order valence-electron chi connectivity index (χ3n) is 4.13. The van der Waals surface area contributed by atoms with Crippen molar-refractivity contribution >= 4 is 46.5 Å². The normalized spacial score (nSPS) is 14.3. The van der Waals surface area contributed by atoms with Gasteiger partial charge < -0.3 is 10.1 Å². The second-order valence-corrected chi connectivity index (χ2v) is 7.89. The number of ether oxygens (including phenoxy) is 1. The van der Waals surface area contributed by atoms with E-state index < -0.39 is 6.61 Å². The second-order valence-electron chi connectivity index (χ2n) is 6.00. The Morgan fingerprint density at radius 3 is 2.93 bits per heavy atom. The highest BCUT2D eigenvalue weighted by Crippen LogP contribution is 2.36. The Bertz CT molecular complexity index is 1060. The highest BCUT2D eigenvalue weighted by molar-refractivity contribution is 7.97. The van der Waals surface area contributed by atoms with Crippen molar-refractivity contribution in [3.8, 4) is 5.75 Å². The average Bonchev–Trinajstić information content (AvgIpc) is 3.31. The molecule has 0 unspecified atom stereocenters. The molecule has 29 heavy (non-hydrogen) atoms. The van der Waals surface area contributed by atoms with E-state index in [4.69, 9.17) is 0 Å². The number of para-hydroxylation sites is 1. The molecule has 2 aromatic carbocycles. The number of thiazole rings is 1. The fourth-order valence-corrected chi connectivity index (χ4v) is 4.14. The van der Waals surface area contributed by atoms with Gasteiger partial charge >= 0.3 is 6.61 Å². The zero-order chi connectivity index (χ0) is 20.2. The first-order valence-corrected chi connectivity index (χ1v) is 10.3. The topological polar surface area (TPSA) is 63.2 Å². The first-order chi connectivity index (χ1) is 14.1. The van der Waals surface area contributed by atoms with Crippen molar-refractivity contribution in [2.75, 3.05) is 5.32 Å². The number of fused-ring (bicyclic) bond motifs is 1. The summed E-state index contributed by atoms with van der Waals surface area (Å²) in [5.74, 6) is -0.0172. The van der Waals surface area contributed by atoms with Crippen LogP contribution in [0.2, 0.25) is 0 Å². The maximum Gasteiger partial charge on any atom is 0.387 e. The number of carbonyl (C=O) groups is 1. The summed E-state index contributed by atoms with van der Waals surface area (Å²) in [6, 6.07) is 12.3. The molecule has 0 spiro atoms. The van der Waals surface area contributed by atoms with Crippen molar-refractivity contribution in [3.05, 3.63) is 70.2 Å². The monoisotopic (exact) mass is 431 g/mol. The van der Waals surface area contributed by atoms with Crippen LogP contribution in [0.15, 0.2) is 58.9 Å². The Hall–Kier alpha value is -2.75. The van der Waals surface area contributed by atoms with Gasteiger partial charge in [0.25, 0.3) is 5.91 Å². The number of amides is 1. The number of alkyl halides is 2. The zero-order valence-corrected chi connectivity index (χ0v) is 16.5. The second kappa shape index (κ2) is 8.73. The quantitative estimate of drug-likeness (QED) is 0.406. The van der Waals surface area contributed by atoms with Gasteiger partial charge in [-0.2, -0.15) is 8.78 Å². The summed E-state index contributed by atoms with van der Waals surface area (Å²) < 4.78 is 32.8. The van der Waals surface area contributed by atoms with E-state index in [0.717, 1.165) is 21.2 Å². The lowest BCUT2D eigenvalue weighted by atomic mass is 10.1. The van der Waals surface area contributed by atoms with Crippen LogP contribution in [0.4, 0.5) is 14.5 Å². The molecule has 4 rings (SSSR count). The molecule has 148 valence electrons. The van der Waals surface area contributed by atoms with Gasteiger partial charge in [0.05, 0.1) is 5.57 Å². The lowest BCUT2D eigenvalue weighted by Gasteiger charge is -2.11. The molecule has 2 N–H and O–H groups in total. The number of hydrogen-bond acceptors (Lipinski definition) is 6. The van der Waals surface area contributed by atoms with Crippen molar-refractivity contribution in [2.45, 2.75) is 18.1 Å². The fraction of sp³-hybridized carbons (Fsp3) is 0.100. The molecule has 0 radical (unpaired) electrons. The summed E-state index contributed by atoms with van der Waals surface area (Å²) in [5, 5.41) is 5.46. The van der Waals surface area contributed by atoms with Crippen LogP contribution < -0.4 is 14.8 Å². The molecule has 0 saturated carbocycles. The van der Waals surface area contributed by atoms with E-state index in [1.807, 2.05) is 23.6 Å². The number of benzene rings is 2. The summed E-state index contributed by atoms with van der Waals surface area (Å²) in [6.45, 7) is -2.53. The third-order valence-corrected chi connectivity index (χ3v) is 5.64. The van der Waals surface area contributed by atoms with Crippen LogP contribution in [0.3, 0.4) is 0 Å². The number of nitrogens with one attached hydrogen (secondary N) is 2. The molecule has 0 atom stereocenters. The van der Waals surface area contributed by atoms with Crippen LogP contribution in [0.5, 0.6) is 5.75 Å². The summed E-state index contributed by atoms with van der Waals surface area (Å²) in [5.41, 5.74) is 2.74. The molecule has 0 bridgehead atoms. The Morgan fingerprint density at radius 2 is 2.14 bits per heavy atom. The van der Waals surface area contributed by atoms with Crippen LogP contribution in [-0.4, -0.2) is 17.5 Å². The van der Waals surface area contributed by atoms with E-state index in [1.54, 1.807) is 30.5 Å². The molecule has 1 amide bonds. The fourth-order valence-electron chi connectivity index (χ4n) is 2.86. The molecule has 3 aromatic rings. The van der Waals surface area contributed by atoms with Gasteiger partial charge in [-0.05, 0) is 42.3 Å². The van der Waals surface area contributed by atoms with Gasteiger partial charge in [-0.1, -0.05) is 18.2 Å². The van der Waals surface area contributed by atoms with E-state index in [0.29, 0.717) is 17.7 Å². The minimum absolute atomic E-state index is 0.146. The number of anilines is 1. The largest absolute Gasteiger partial charge is 0.434 e. The van der Waals surface area contributed by atoms with Gasteiger partial charge in [0.1, 0.15) is 10.8 Å². The van der Waals surface area contributed by atoms with Crippen LogP contribution in [0, 0.1) is 0 Å². The zero-order valence-electron chi connectivity index (χ0n) is 14.9. The molecule has 0 aliphatic carbocycles. The van der Waals surface area contributed by atoms with E-state index >= 15 is 0 Å². The van der Waals surface area contributed by atoms with E-state index in [9.17, 15) is 13.6 Å². The first kappa shape index (κ1) is 19.6. The number of hydrogen-bond donors (Lipinski definition) is 2. The lowest BCUT2D eigenvalue weighted by Crippen LogP contribution is -2.08. The minimum atomic E-state index is -2.87. The highest BCUT2D eigenvalue weighted by Gasteiger charge is 2.24.